The molecule has 1 atom stereocenters. The van der Waals surface area contributed by atoms with Gasteiger partial charge in [-0.25, -0.2) is 8.42 Å². The van der Waals surface area contributed by atoms with Crippen molar-refractivity contribution in [2.75, 3.05) is 17.4 Å². The van der Waals surface area contributed by atoms with E-state index < -0.39 is 28.5 Å². The SMILES string of the molecule is CCCNC(=O)[C@@H](Cc1ccccc1)N(Cc1ccc(Br)cc1)C(=O)CN(c1ccccc1)S(=O)(=O)c1ccc(C)cc1. The fraction of sp³-hybridized carbons (Fsp3) is 0.235. The lowest BCUT2D eigenvalue weighted by molar-refractivity contribution is -0.140. The van der Waals surface area contributed by atoms with Crippen LogP contribution in [0.2, 0.25) is 0 Å². The number of benzene rings is 4. The second kappa shape index (κ2) is 15.0. The van der Waals surface area contributed by atoms with Gasteiger partial charge in [-0.05, 0) is 60.9 Å². The number of halogens is 1. The Balaban J connectivity index is 1.77. The van der Waals surface area contributed by atoms with E-state index >= 15 is 0 Å². The van der Waals surface area contributed by atoms with E-state index in [4.69, 9.17) is 0 Å². The summed E-state index contributed by atoms with van der Waals surface area (Å²) in [6.45, 7) is 3.94. The number of nitrogens with zero attached hydrogens (tertiary/aromatic N) is 2. The molecule has 0 radical (unpaired) electrons. The predicted octanol–water partition coefficient (Wildman–Crippen LogP) is 6.12. The zero-order valence-electron chi connectivity index (χ0n) is 24.3. The number of rotatable bonds is 13. The Labute approximate surface area is 262 Å². The highest BCUT2D eigenvalue weighted by Gasteiger charge is 2.34. The number of carbonyl (C=O) groups is 2. The first-order valence-electron chi connectivity index (χ1n) is 14.2. The Bertz CT molecular complexity index is 1600. The van der Waals surface area contributed by atoms with Crippen LogP contribution in [0.1, 0.15) is 30.0 Å². The van der Waals surface area contributed by atoms with Gasteiger partial charge in [-0.15, -0.1) is 0 Å². The summed E-state index contributed by atoms with van der Waals surface area (Å²) < 4.78 is 30.0. The Hall–Kier alpha value is -3.95. The lowest BCUT2D eigenvalue weighted by Gasteiger charge is -2.34. The lowest BCUT2D eigenvalue weighted by atomic mass is 10.0. The highest BCUT2D eigenvalue weighted by molar-refractivity contribution is 9.10. The van der Waals surface area contributed by atoms with Crippen LogP contribution < -0.4 is 9.62 Å². The van der Waals surface area contributed by atoms with Crippen molar-refractivity contribution in [1.82, 2.24) is 10.2 Å². The van der Waals surface area contributed by atoms with Crippen LogP contribution in [-0.4, -0.2) is 44.3 Å². The highest BCUT2D eigenvalue weighted by atomic mass is 79.9. The average Bonchev–Trinajstić information content (AvgIpc) is 3.02. The van der Waals surface area contributed by atoms with Crippen molar-refractivity contribution < 1.29 is 18.0 Å². The van der Waals surface area contributed by atoms with Gasteiger partial charge in [0.2, 0.25) is 11.8 Å². The van der Waals surface area contributed by atoms with E-state index in [1.807, 2.05) is 68.4 Å². The van der Waals surface area contributed by atoms with Crippen LogP contribution in [0.15, 0.2) is 119 Å². The number of aryl methyl sites for hydroxylation is 1. The van der Waals surface area contributed by atoms with Crippen LogP contribution >= 0.6 is 15.9 Å². The standard InChI is InChI=1S/C34H36BrN3O4S/c1-3-22-36-34(40)32(23-27-10-6-4-7-11-27)37(24-28-16-18-29(35)19-17-28)33(39)25-38(30-12-8-5-9-13-30)43(41,42)31-20-14-26(2)15-21-31/h4-21,32H,3,22-25H2,1-2H3,(H,36,40)/t32-/m1/s1. The number of sulfonamides is 1. The summed E-state index contributed by atoms with van der Waals surface area (Å²) in [7, 11) is -4.12. The maximum absolute atomic E-state index is 14.4. The monoisotopic (exact) mass is 661 g/mol. The Morgan fingerprint density at radius 3 is 2.02 bits per heavy atom. The molecule has 4 rings (SSSR count). The first-order chi connectivity index (χ1) is 20.7. The van der Waals surface area contributed by atoms with Crippen molar-refractivity contribution in [1.29, 1.82) is 0 Å². The third-order valence-corrected chi connectivity index (χ3v) is 9.34. The number of para-hydroxylation sites is 1. The van der Waals surface area contributed by atoms with Crippen LogP contribution in [-0.2, 0) is 32.6 Å². The van der Waals surface area contributed by atoms with E-state index in [1.165, 1.54) is 4.90 Å². The fourth-order valence-electron chi connectivity index (χ4n) is 4.67. The maximum Gasteiger partial charge on any atom is 0.264 e. The molecule has 0 spiro atoms. The van der Waals surface area contributed by atoms with Gasteiger partial charge >= 0.3 is 0 Å². The second-order valence-electron chi connectivity index (χ2n) is 10.3. The summed E-state index contributed by atoms with van der Waals surface area (Å²) in [5, 5.41) is 2.96. The van der Waals surface area contributed by atoms with Crippen molar-refractivity contribution in [3.05, 3.63) is 130 Å². The fourth-order valence-corrected chi connectivity index (χ4v) is 6.35. The van der Waals surface area contributed by atoms with Gasteiger partial charge in [-0.2, -0.15) is 0 Å². The molecule has 7 nitrogen and oxygen atoms in total. The molecule has 0 heterocycles. The summed E-state index contributed by atoms with van der Waals surface area (Å²) in [5.74, 6) is -0.779. The smallest absolute Gasteiger partial charge is 0.264 e. The van der Waals surface area contributed by atoms with E-state index in [1.54, 1.807) is 54.6 Å². The molecule has 0 aliphatic rings. The second-order valence-corrected chi connectivity index (χ2v) is 13.1. The first kappa shape index (κ1) is 32.0. The number of amides is 2. The molecule has 9 heteroatoms. The zero-order chi connectivity index (χ0) is 30.8. The van der Waals surface area contributed by atoms with Gasteiger partial charge in [0.25, 0.3) is 10.0 Å². The minimum atomic E-state index is -4.12. The van der Waals surface area contributed by atoms with Gasteiger partial charge in [0.1, 0.15) is 12.6 Å². The molecule has 0 aliphatic carbocycles. The van der Waals surface area contributed by atoms with Crippen molar-refractivity contribution in [3.63, 3.8) is 0 Å². The first-order valence-corrected chi connectivity index (χ1v) is 16.4. The number of nitrogens with one attached hydrogen (secondary N) is 1. The largest absolute Gasteiger partial charge is 0.354 e. The van der Waals surface area contributed by atoms with Gasteiger partial charge in [0, 0.05) is 24.0 Å². The molecule has 4 aromatic carbocycles. The summed E-state index contributed by atoms with van der Waals surface area (Å²) >= 11 is 3.45. The molecular formula is C34H36BrN3O4S. The number of anilines is 1. The lowest BCUT2D eigenvalue weighted by Crippen LogP contribution is -2.53. The molecule has 0 unspecified atom stereocenters. The topological polar surface area (TPSA) is 86.8 Å². The summed E-state index contributed by atoms with van der Waals surface area (Å²) in [6, 6.07) is 31.3. The van der Waals surface area contributed by atoms with E-state index in [0.29, 0.717) is 12.2 Å². The summed E-state index contributed by atoms with van der Waals surface area (Å²) in [5.41, 5.74) is 2.98. The van der Waals surface area contributed by atoms with Gasteiger partial charge in [-0.3, -0.25) is 13.9 Å². The molecule has 43 heavy (non-hydrogen) atoms. The van der Waals surface area contributed by atoms with Gasteiger partial charge < -0.3 is 10.2 Å². The Morgan fingerprint density at radius 2 is 1.42 bits per heavy atom. The molecule has 2 amide bonds. The molecule has 4 aromatic rings. The third-order valence-electron chi connectivity index (χ3n) is 7.02. The van der Waals surface area contributed by atoms with Crippen LogP contribution in [0.4, 0.5) is 5.69 Å². The zero-order valence-corrected chi connectivity index (χ0v) is 26.7. The van der Waals surface area contributed by atoms with Crippen LogP contribution in [0.5, 0.6) is 0 Å². The number of hydrogen-bond acceptors (Lipinski definition) is 4. The molecule has 0 bridgehead atoms. The van der Waals surface area contributed by atoms with Crippen LogP contribution in [0.3, 0.4) is 0 Å². The summed E-state index contributed by atoms with van der Waals surface area (Å²) in [6.07, 6.45) is 1.01. The van der Waals surface area contributed by atoms with Crippen molar-refractivity contribution in [2.24, 2.45) is 0 Å². The van der Waals surface area contributed by atoms with Crippen molar-refractivity contribution >= 4 is 43.5 Å². The van der Waals surface area contributed by atoms with E-state index in [0.717, 1.165) is 31.9 Å². The molecule has 1 N–H and O–H groups in total. The number of hydrogen-bond donors (Lipinski definition) is 1. The Morgan fingerprint density at radius 1 is 0.814 bits per heavy atom. The van der Waals surface area contributed by atoms with Gasteiger partial charge in [0.15, 0.2) is 0 Å². The van der Waals surface area contributed by atoms with Crippen LogP contribution in [0.25, 0.3) is 0 Å². The minimum Gasteiger partial charge on any atom is -0.354 e. The quantitative estimate of drug-likeness (QED) is 0.187. The van der Waals surface area contributed by atoms with Crippen LogP contribution in [0, 0.1) is 6.92 Å². The maximum atomic E-state index is 14.4. The molecule has 0 saturated carbocycles. The van der Waals surface area contributed by atoms with E-state index in [9.17, 15) is 18.0 Å². The highest BCUT2D eigenvalue weighted by Crippen LogP contribution is 2.25. The third kappa shape index (κ3) is 8.55. The Kier molecular flexibility index (Phi) is 11.1. The number of carbonyl (C=O) groups excluding carboxylic acids is 2. The van der Waals surface area contributed by atoms with E-state index in [-0.39, 0.29) is 23.8 Å². The molecule has 0 fully saturated rings. The van der Waals surface area contributed by atoms with Crippen molar-refractivity contribution in [2.45, 2.75) is 44.2 Å². The molecule has 224 valence electrons. The average molecular weight is 663 g/mol. The minimum absolute atomic E-state index is 0.0794. The van der Waals surface area contributed by atoms with E-state index in [2.05, 4.69) is 21.2 Å². The predicted molar refractivity (Wildman–Crippen MR) is 174 cm³/mol. The normalized spacial score (nSPS) is 11.9. The summed E-state index contributed by atoms with van der Waals surface area (Å²) in [4.78, 5) is 29.6. The van der Waals surface area contributed by atoms with Gasteiger partial charge in [-0.1, -0.05) is 101 Å². The molecule has 0 aromatic heterocycles. The molecule has 0 saturated heterocycles. The molecular weight excluding hydrogens is 626 g/mol. The van der Waals surface area contributed by atoms with Crippen molar-refractivity contribution in [3.8, 4) is 0 Å². The molecule has 0 aliphatic heterocycles. The van der Waals surface area contributed by atoms with Gasteiger partial charge in [0.05, 0.1) is 10.6 Å².